The summed E-state index contributed by atoms with van der Waals surface area (Å²) in [6, 6.07) is 0. The first kappa shape index (κ1) is 14.3. The van der Waals surface area contributed by atoms with Crippen LogP contribution in [0.1, 0.15) is 39.0 Å². The van der Waals surface area contributed by atoms with Crippen LogP contribution in [-0.4, -0.2) is 49.4 Å². The van der Waals surface area contributed by atoms with E-state index in [0.717, 1.165) is 25.9 Å². The molecule has 0 spiro atoms. The topological polar surface area (TPSA) is 61.4 Å². The summed E-state index contributed by atoms with van der Waals surface area (Å²) in [4.78, 5) is 25.6. The van der Waals surface area contributed by atoms with Gasteiger partial charge < -0.3 is 15.5 Å². The first-order chi connectivity index (χ1) is 9.17. The molecule has 1 saturated carbocycles. The third-order valence-electron chi connectivity index (χ3n) is 4.61. The zero-order valence-corrected chi connectivity index (χ0v) is 11.8. The van der Waals surface area contributed by atoms with Crippen LogP contribution in [0.5, 0.6) is 0 Å². The van der Waals surface area contributed by atoms with E-state index < -0.39 is 5.91 Å². The molecule has 1 heterocycles. The van der Waals surface area contributed by atoms with Crippen LogP contribution in [0.3, 0.4) is 0 Å². The Morgan fingerprint density at radius 3 is 2.63 bits per heavy atom. The van der Waals surface area contributed by atoms with E-state index in [-0.39, 0.29) is 11.3 Å². The fourth-order valence-electron chi connectivity index (χ4n) is 2.87. The lowest BCUT2D eigenvalue weighted by Crippen LogP contribution is -2.48. The number of carbonyl (C=O) groups excluding carboxylic acids is 2. The van der Waals surface area contributed by atoms with Crippen molar-refractivity contribution in [2.45, 2.75) is 39.0 Å². The third-order valence-corrected chi connectivity index (χ3v) is 4.61. The second-order valence-corrected chi connectivity index (χ2v) is 5.79. The van der Waals surface area contributed by atoms with E-state index in [0.29, 0.717) is 19.6 Å². The quantitative estimate of drug-likeness (QED) is 0.732. The van der Waals surface area contributed by atoms with E-state index in [9.17, 15) is 9.59 Å². The minimum Gasteiger partial charge on any atom is -0.347 e. The van der Waals surface area contributed by atoms with Gasteiger partial charge in [0.15, 0.2) is 0 Å². The van der Waals surface area contributed by atoms with Crippen LogP contribution in [0.2, 0.25) is 0 Å². The Kier molecular flexibility index (Phi) is 4.80. The average Bonchev–Trinajstić information content (AvgIpc) is 2.65. The summed E-state index contributed by atoms with van der Waals surface area (Å²) in [5, 5.41) is 6.07. The average molecular weight is 267 g/mol. The van der Waals surface area contributed by atoms with Crippen molar-refractivity contribution in [3.63, 3.8) is 0 Å². The summed E-state index contributed by atoms with van der Waals surface area (Å²) in [6.07, 6.45) is 5.58. The highest BCUT2D eigenvalue weighted by molar-refractivity contribution is 6.35. The van der Waals surface area contributed by atoms with Crippen molar-refractivity contribution in [1.29, 1.82) is 0 Å². The molecule has 0 atom stereocenters. The van der Waals surface area contributed by atoms with Gasteiger partial charge in [-0.25, -0.2) is 0 Å². The molecule has 108 valence electrons. The van der Waals surface area contributed by atoms with Crippen LogP contribution in [-0.2, 0) is 9.59 Å². The van der Waals surface area contributed by atoms with Crippen molar-refractivity contribution in [2.75, 3.05) is 32.7 Å². The lowest BCUT2D eigenvalue weighted by Gasteiger charge is -2.41. The minimum atomic E-state index is -0.429. The molecule has 2 fully saturated rings. The minimum absolute atomic E-state index is 0.260. The third kappa shape index (κ3) is 3.47. The fraction of sp³-hybridized carbons (Fsp3) is 0.857. The molecule has 1 saturated heterocycles. The Morgan fingerprint density at radius 1 is 1.21 bits per heavy atom. The molecule has 2 aliphatic rings. The highest BCUT2D eigenvalue weighted by Gasteiger charge is 2.36. The summed E-state index contributed by atoms with van der Waals surface area (Å²) < 4.78 is 0. The Labute approximate surface area is 115 Å². The lowest BCUT2D eigenvalue weighted by atomic mass is 9.67. The van der Waals surface area contributed by atoms with E-state index in [1.165, 1.54) is 19.3 Å². The Hall–Kier alpha value is -1.10. The summed E-state index contributed by atoms with van der Waals surface area (Å²) in [7, 11) is 0. The first-order valence-corrected chi connectivity index (χ1v) is 7.45. The predicted octanol–water partition coefficient (Wildman–Crippen LogP) is 0.505. The fourth-order valence-corrected chi connectivity index (χ4v) is 2.87. The molecular weight excluding hydrogens is 242 g/mol. The van der Waals surface area contributed by atoms with Crippen molar-refractivity contribution in [2.24, 2.45) is 5.41 Å². The maximum absolute atomic E-state index is 12.0. The van der Waals surface area contributed by atoms with Gasteiger partial charge in [0.25, 0.3) is 0 Å². The predicted molar refractivity (Wildman–Crippen MR) is 73.7 cm³/mol. The normalized spacial score (nSPS) is 22.3. The lowest BCUT2D eigenvalue weighted by molar-refractivity contribution is -0.146. The van der Waals surface area contributed by atoms with Gasteiger partial charge in [-0.05, 0) is 37.6 Å². The molecule has 5 heteroatoms. The number of nitrogens with one attached hydrogen (secondary N) is 2. The van der Waals surface area contributed by atoms with Gasteiger partial charge in [-0.1, -0.05) is 13.3 Å². The van der Waals surface area contributed by atoms with Gasteiger partial charge in [-0.15, -0.1) is 0 Å². The molecule has 0 aromatic rings. The van der Waals surface area contributed by atoms with Gasteiger partial charge in [0, 0.05) is 26.2 Å². The van der Waals surface area contributed by atoms with Gasteiger partial charge >= 0.3 is 11.8 Å². The van der Waals surface area contributed by atoms with E-state index in [1.54, 1.807) is 4.90 Å². The van der Waals surface area contributed by atoms with Crippen molar-refractivity contribution < 1.29 is 9.59 Å². The highest BCUT2D eigenvalue weighted by Crippen LogP contribution is 2.42. The van der Waals surface area contributed by atoms with Gasteiger partial charge in [-0.3, -0.25) is 9.59 Å². The van der Waals surface area contributed by atoms with Crippen LogP contribution in [0.4, 0.5) is 0 Å². The second-order valence-electron chi connectivity index (χ2n) is 5.79. The molecule has 0 radical (unpaired) electrons. The van der Waals surface area contributed by atoms with Crippen molar-refractivity contribution >= 4 is 11.8 Å². The summed E-state index contributed by atoms with van der Waals surface area (Å²) >= 11 is 0. The van der Waals surface area contributed by atoms with Crippen LogP contribution in [0, 0.1) is 5.41 Å². The monoisotopic (exact) mass is 267 g/mol. The van der Waals surface area contributed by atoms with Gasteiger partial charge in [-0.2, -0.15) is 0 Å². The Bertz CT molecular complexity index is 326. The first-order valence-electron chi connectivity index (χ1n) is 7.45. The van der Waals surface area contributed by atoms with E-state index in [4.69, 9.17) is 0 Å². The maximum atomic E-state index is 12.0. The van der Waals surface area contributed by atoms with E-state index in [1.807, 2.05) is 0 Å². The molecule has 1 aliphatic heterocycles. The largest absolute Gasteiger partial charge is 0.347 e. The number of rotatable bonds is 3. The SMILES string of the molecule is CCC1(CNC(=O)C(=O)N2CCCNCC2)CCC1. The molecule has 5 nitrogen and oxygen atoms in total. The van der Waals surface area contributed by atoms with Gasteiger partial charge in [0.1, 0.15) is 0 Å². The summed E-state index contributed by atoms with van der Waals surface area (Å²) in [5.41, 5.74) is 0.260. The maximum Gasteiger partial charge on any atom is 0.311 e. The second kappa shape index (κ2) is 6.37. The summed E-state index contributed by atoms with van der Waals surface area (Å²) in [6.45, 7) is 5.82. The molecule has 2 N–H and O–H groups in total. The van der Waals surface area contributed by atoms with Crippen LogP contribution in [0.25, 0.3) is 0 Å². The van der Waals surface area contributed by atoms with Crippen LogP contribution in [0.15, 0.2) is 0 Å². The van der Waals surface area contributed by atoms with Crippen molar-refractivity contribution in [1.82, 2.24) is 15.5 Å². The number of hydrogen-bond acceptors (Lipinski definition) is 3. The van der Waals surface area contributed by atoms with Gasteiger partial charge in [0.2, 0.25) is 0 Å². The molecule has 2 rings (SSSR count). The van der Waals surface area contributed by atoms with Gasteiger partial charge in [0.05, 0.1) is 0 Å². The smallest absolute Gasteiger partial charge is 0.311 e. The van der Waals surface area contributed by atoms with Crippen LogP contribution < -0.4 is 10.6 Å². The number of nitrogens with zero attached hydrogens (tertiary/aromatic N) is 1. The number of carbonyl (C=O) groups is 2. The molecule has 0 aromatic carbocycles. The molecule has 0 bridgehead atoms. The van der Waals surface area contributed by atoms with Crippen LogP contribution >= 0.6 is 0 Å². The Balaban J connectivity index is 1.80. The number of hydrogen-bond donors (Lipinski definition) is 2. The molecule has 2 amide bonds. The van der Waals surface area contributed by atoms with E-state index in [2.05, 4.69) is 17.6 Å². The zero-order chi connectivity index (χ0) is 13.7. The zero-order valence-electron chi connectivity index (χ0n) is 11.8. The summed E-state index contributed by atoms with van der Waals surface area (Å²) in [5.74, 6) is -0.795. The van der Waals surface area contributed by atoms with Crippen molar-refractivity contribution in [3.05, 3.63) is 0 Å². The number of amides is 2. The van der Waals surface area contributed by atoms with Crippen molar-refractivity contribution in [3.8, 4) is 0 Å². The standard InChI is InChI=1S/C14H25N3O2/c1-2-14(5-3-6-14)11-16-12(18)13(19)17-9-4-7-15-8-10-17/h15H,2-11H2,1H3,(H,16,18). The molecule has 1 aliphatic carbocycles. The van der Waals surface area contributed by atoms with E-state index >= 15 is 0 Å². The molecule has 19 heavy (non-hydrogen) atoms. The molecular formula is C14H25N3O2. The Morgan fingerprint density at radius 2 is 2.00 bits per heavy atom. The molecule has 0 unspecified atom stereocenters. The molecule has 0 aromatic heterocycles. The highest BCUT2D eigenvalue weighted by atomic mass is 16.2.